The highest BCUT2D eigenvalue weighted by Gasteiger charge is 2.15. The normalized spacial score (nSPS) is 10.5. The summed E-state index contributed by atoms with van der Waals surface area (Å²) in [6.07, 6.45) is 0. The molecule has 1 amide bonds. The van der Waals surface area contributed by atoms with Crippen LogP contribution in [-0.4, -0.2) is 17.9 Å². The number of H-pyrrole nitrogens is 1. The first-order valence-electron chi connectivity index (χ1n) is 6.78. The van der Waals surface area contributed by atoms with E-state index in [0.717, 1.165) is 0 Å². The Morgan fingerprint density at radius 2 is 2.04 bits per heavy atom. The van der Waals surface area contributed by atoms with Gasteiger partial charge >= 0.3 is 0 Å². The molecule has 3 rings (SSSR count). The molecule has 0 aliphatic carbocycles. The van der Waals surface area contributed by atoms with Crippen molar-refractivity contribution in [3.05, 3.63) is 58.5 Å². The summed E-state index contributed by atoms with van der Waals surface area (Å²) in [4.78, 5) is 14.8. The van der Waals surface area contributed by atoms with Crippen LogP contribution < -0.4 is 5.32 Å². The number of carbonyl (C=O) groups is 1. The fourth-order valence-corrected chi connectivity index (χ4v) is 2.64. The largest absolute Gasteiger partial charge is 0.354 e. The zero-order valence-corrected chi connectivity index (χ0v) is 12.8. The number of rotatable bonds is 2. The first-order chi connectivity index (χ1) is 11.0. The van der Waals surface area contributed by atoms with Crippen LogP contribution in [0.25, 0.3) is 22.0 Å². The molecule has 0 atom stereocenters. The standard InChI is InChI=1S/C17H11ClFN3O/c1-21-17(23)15-6-10-4-9(8-20)5-13(16(10)22-15)12-3-2-11(18)7-14(12)19/h2-7,22H,1H3,(H,21,23). The van der Waals surface area contributed by atoms with Gasteiger partial charge in [0, 0.05) is 28.6 Å². The first kappa shape index (κ1) is 15.1. The van der Waals surface area contributed by atoms with E-state index in [2.05, 4.69) is 10.3 Å². The van der Waals surface area contributed by atoms with Crippen molar-refractivity contribution in [2.45, 2.75) is 0 Å². The fourth-order valence-electron chi connectivity index (χ4n) is 2.49. The van der Waals surface area contributed by atoms with E-state index in [4.69, 9.17) is 11.6 Å². The summed E-state index contributed by atoms with van der Waals surface area (Å²) >= 11 is 5.79. The molecule has 0 aliphatic rings. The molecule has 4 nitrogen and oxygen atoms in total. The third kappa shape index (κ3) is 2.65. The second kappa shape index (κ2) is 5.75. The first-order valence-corrected chi connectivity index (χ1v) is 7.15. The van der Waals surface area contributed by atoms with Gasteiger partial charge < -0.3 is 10.3 Å². The van der Waals surface area contributed by atoms with E-state index in [-0.39, 0.29) is 10.9 Å². The number of nitrogens with zero attached hydrogens (tertiary/aromatic N) is 1. The van der Waals surface area contributed by atoms with E-state index in [1.807, 2.05) is 6.07 Å². The zero-order valence-electron chi connectivity index (χ0n) is 12.1. The Kier molecular flexibility index (Phi) is 3.77. The molecule has 0 fully saturated rings. The van der Waals surface area contributed by atoms with Crippen molar-refractivity contribution in [1.82, 2.24) is 10.3 Å². The molecule has 3 aromatic rings. The van der Waals surface area contributed by atoms with Crippen molar-refractivity contribution in [1.29, 1.82) is 5.26 Å². The molecule has 2 aromatic carbocycles. The topological polar surface area (TPSA) is 68.7 Å². The lowest BCUT2D eigenvalue weighted by Gasteiger charge is -2.07. The van der Waals surface area contributed by atoms with Crippen LogP contribution in [0.3, 0.4) is 0 Å². The minimum atomic E-state index is -0.495. The lowest BCUT2D eigenvalue weighted by molar-refractivity contribution is 0.0959. The summed E-state index contributed by atoms with van der Waals surface area (Å²) < 4.78 is 14.3. The number of carbonyl (C=O) groups excluding carboxylic acids is 1. The Morgan fingerprint density at radius 1 is 1.26 bits per heavy atom. The van der Waals surface area contributed by atoms with Gasteiger partial charge in [0.15, 0.2) is 0 Å². The average molecular weight is 328 g/mol. The maximum atomic E-state index is 14.3. The summed E-state index contributed by atoms with van der Waals surface area (Å²) in [5, 5.41) is 12.7. The maximum Gasteiger partial charge on any atom is 0.267 e. The molecular formula is C17H11ClFN3O. The highest BCUT2D eigenvalue weighted by molar-refractivity contribution is 6.30. The number of halogens is 2. The quantitative estimate of drug-likeness (QED) is 0.750. The van der Waals surface area contributed by atoms with E-state index in [9.17, 15) is 14.4 Å². The SMILES string of the molecule is CNC(=O)c1cc2cc(C#N)cc(-c3ccc(Cl)cc3F)c2[nH]1. The summed E-state index contributed by atoms with van der Waals surface area (Å²) in [6, 6.07) is 11.3. The van der Waals surface area contributed by atoms with Gasteiger partial charge in [-0.2, -0.15) is 5.26 Å². The number of benzene rings is 2. The summed E-state index contributed by atoms with van der Waals surface area (Å²) in [7, 11) is 1.52. The molecule has 0 saturated heterocycles. The Hall–Kier alpha value is -2.84. The number of aromatic amines is 1. The second-order valence-corrected chi connectivity index (χ2v) is 5.42. The van der Waals surface area contributed by atoms with Crippen molar-refractivity contribution in [3.63, 3.8) is 0 Å². The van der Waals surface area contributed by atoms with E-state index < -0.39 is 5.82 Å². The molecule has 6 heteroatoms. The van der Waals surface area contributed by atoms with Crippen LogP contribution in [0.1, 0.15) is 16.1 Å². The highest BCUT2D eigenvalue weighted by Crippen LogP contribution is 2.33. The number of nitriles is 1. The summed E-state index contributed by atoms with van der Waals surface area (Å²) in [5.74, 6) is -0.785. The monoisotopic (exact) mass is 327 g/mol. The number of hydrogen-bond acceptors (Lipinski definition) is 2. The average Bonchev–Trinajstić information content (AvgIpc) is 2.97. The molecule has 114 valence electrons. The van der Waals surface area contributed by atoms with Crippen LogP contribution in [-0.2, 0) is 0 Å². The lowest BCUT2D eigenvalue weighted by atomic mass is 10.00. The van der Waals surface area contributed by atoms with Crippen molar-refractivity contribution >= 4 is 28.4 Å². The zero-order chi connectivity index (χ0) is 16.6. The van der Waals surface area contributed by atoms with Crippen LogP contribution in [0.5, 0.6) is 0 Å². The summed E-state index contributed by atoms with van der Waals surface area (Å²) in [5.41, 5.74) is 2.12. The van der Waals surface area contributed by atoms with E-state index >= 15 is 0 Å². The molecule has 0 saturated carbocycles. The molecular weight excluding hydrogens is 317 g/mol. The summed E-state index contributed by atoms with van der Waals surface area (Å²) in [6.45, 7) is 0. The molecule has 0 bridgehead atoms. The number of fused-ring (bicyclic) bond motifs is 1. The van der Waals surface area contributed by atoms with E-state index in [1.54, 1.807) is 30.3 Å². The Labute approximate surface area is 136 Å². The minimum Gasteiger partial charge on any atom is -0.354 e. The smallest absolute Gasteiger partial charge is 0.267 e. The molecule has 1 heterocycles. The Morgan fingerprint density at radius 3 is 2.70 bits per heavy atom. The predicted molar refractivity (Wildman–Crippen MR) is 86.8 cm³/mol. The fraction of sp³-hybridized carbons (Fsp3) is 0.0588. The van der Waals surface area contributed by atoms with E-state index in [0.29, 0.717) is 33.3 Å². The molecule has 0 aliphatic heterocycles. The van der Waals surface area contributed by atoms with Gasteiger partial charge in [-0.3, -0.25) is 4.79 Å². The van der Waals surface area contributed by atoms with Crippen LogP contribution >= 0.6 is 11.6 Å². The number of hydrogen-bond donors (Lipinski definition) is 2. The van der Waals surface area contributed by atoms with Crippen LogP contribution in [0.15, 0.2) is 36.4 Å². The van der Waals surface area contributed by atoms with Gasteiger partial charge in [-0.25, -0.2) is 4.39 Å². The van der Waals surface area contributed by atoms with Crippen molar-refractivity contribution in [2.24, 2.45) is 0 Å². The van der Waals surface area contributed by atoms with Crippen LogP contribution in [0.2, 0.25) is 5.02 Å². The molecule has 1 aromatic heterocycles. The predicted octanol–water partition coefficient (Wildman–Crippen LogP) is 3.86. The number of amides is 1. The van der Waals surface area contributed by atoms with Crippen molar-refractivity contribution in [2.75, 3.05) is 7.05 Å². The number of aromatic nitrogens is 1. The molecule has 23 heavy (non-hydrogen) atoms. The van der Waals surface area contributed by atoms with Crippen molar-refractivity contribution < 1.29 is 9.18 Å². The van der Waals surface area contributed by atoms with Gasteiger partial charge in [0.05, 0.1) is 17.1 Å². The highest BCUT2D eigenvalue weighted by atomic mass is 35.5. The van der Waals surface area contributed by atoms with Gasteiger partial charge in [-0.05, 0) is 36.4 Å². The van der Waals surface area contributed by atoms with Crippen LogP contribution in [0, 0.1) is 17.1 Å². The van der Waals surface area contributed by atoms with Gasteiger partial charge in [0.25, 0.3) is 5.91 Å². The molecule has 2 N–H and O–H groups in total. The minimum absolute atomic E-state index is 0.288. The maximum absolute atomic E-state index is 14.3. The Balaban J connectivity index is 2.32. The molecule has 0 unspecified atom stereocenters. The van der Waals surface area contributed by atoms with Gasteiger partial charge in [-0.15, -0.1) is 0 Å². The number of nitrogens with one attached hydrogen (secondary N) is 2. The third-order valence-corrected chi connectivity index (χ3v) is 3.79. The van der Waals surface area contributed by atoms with Gasteiger partial charge in [-0.1, -0.05) is 11.6 Å². The third-order valence-electron chi connectivity index (χ3n) is 3.55. The van der Waals surface area contributed by atoms with Crippen molar-refractivity contribution in [3.8, 4) is 17.2 Å². The van der Waals surface area contributed by atoms with E-state index in [1.165, 1.54) is 13.1 Å². The van der Waals surface area contributed by atoms with Crippen LogP contribution in [0.4, 0.5) is 4.39 Å². The lowest BCUT2D eigenvalue weighted by Crippen LogP contribution is -2.17. The molecule has 0 radical (unpaired) electrons. The van der Waals surface area contributed by atoms with Gasteiger partial charge in [0.1, 0.15) is 11.5 Å². The van der Waals surface area contributed by atoms with Gasteiger partial charge in [0.2, 0.25) is 0 Å². The second-order valence-electron chi connectivity index (χ2n) is 4.99. The molecule has 0 spiro atoms. The Bertz CT molecular complexity index is 972.